The van der Waals surface area contributed by atoms with Crippen molar-refractivity contribution in [2.75, 3.05) is 0 Å². The normalized spacial score (nSPS) is 26.5. The lowest BCUT2D eigenvalue weighted by molar-refractivity contribution is 0.302. The van der Waals surface area contributed by atoms with Crippen molar-refractivity contribution in [1.82, 2.24) is 14.9 Å². The highest BCUT2D eigenvalue weighted by Gasteiger charge is 2.25. The van der Waals surface area contributed by atoms with Gasteiger partial charge in [-0.2, -0.15) is 0 Å². The van der Waals surface area contributed by atoms with Gasteiger partial charge in [-0.05, 0) is 38.5 Å². The Kier molecular flexibility index (Phi) is 4.44. The summed E-state index contributed by atoms with van der Waals surface area (Å²) in [6.45, 7) is 9.15. The summed E-state index contributed by atoms with van der Waals surface area (Å²) >= 11 is 0. The standard InChI is InChI=1S/C15H27N3/c1-5-14(11(2)3)18-10-16-9-15(18)13-8-6-7-12(4)17-13/h9-14,17H,5-8H2,1-4H3. The third kappa shape index (κ3) is 2.77. The van der Waals surface area contributed by atoms with Crippen LogP contribution in [0.3, 0.4) is 0 Å². The van der Waals surface area contributed by atoms with Crippen LogP contribution >= 0.6 is 0 Å². The van der Waals surface area contributed by atoms with Gasteiger partial charge in [-0.1, -0.05) is 20.8 Å². The second-order valence-electron chi connectivity index (χ2n) is 6.00. The topological polar surface area (TPSA) is 29.9 Å². The molecule has 3 atom stereocenters. The smallest absolute Gasteiger partial charge is 0.0951 e. The maximum absolute atomic E-state index is 4.40. The zero-order valence-corrected chi connectivity index (χ0v) is 12.2. The van der Waals surface area contributed by atoms with Crippen molar-refractivity contribution in [3.8, 4) is 0 Å². The van der Waals surface area contributed by atoms with Crippen molar-refractivity contribution >= 4 is 0 Å². The van der Waals surface area contributed by atoms with Gasteiger partial charge in [-0.25, -0.2) is 4.98 Å². The second kappa shape index (κ2) is 5.87. The minimum absolute atomic E-state index is 0.490. The van der Waals surface area contributed by atoms with Gasteiger partial charge in [0.25, 0.3) is 0 Å². The highest BCUT2D eigenvalue weighted by molar-refractivity contribution is 5.08. The van der Waals surface area contributed by atoms with Crippen molar-refractivity contribution in [3.05, 3.63) is 18.2 Å². The van der Waals surface area contributed by atoms with Crippen molar-refractivity contribution in [2.24, 2.45) is 5.92 Å². The molecule has 3 heteroatoms. The number of nitrogens with zero attached hydrogens (tertiary/aromatic N) is 2. The molecule has 0 radical (unpaired) electrons. The SMILES string of the molecule is CCC(C(C)C)n1cncc1C1CCCC(C)N1. The van der Waals surface area contributed by atoms with Crippen molar-refractivity contribution in [3.63, 3.8) is 0 Å². The summed E-state index contributed by atoms with van der Waals surface area (Å²) in [4.78, 5) is 4.40. The second-order valence-corrected chi connectivity index (χ2v) is 6.00. The van der Waals surface area contributed by atoms with Crippen LogP contribution in [-0.2, 0) is 0 Å². The monoisotopic (exact) mass is 249 g/mol. The summed E-state index contributed by atoms with van der Waals surface area (Å²) < 4.78 is 2.40. The molecule has 0 amide bonds. The number of aromatic nitrogens is 2. The number of hydrogen-bond acceptors (Lipinski definition) is 2. The van der Waals surface area contributed by atoms with Crippen LogP contribution in [0.2, 0.25) is 0 Å². The van der Waals surface area contributed by atoms with E-state index in [2.05, 4.69) is 48.8 Å². The Morgan fingerprint density at radius 2 is 2.22 bits per heavy atom. The summed E-state index contributed by atoms with van der Waals surface area (Å²) in [5.41, 5.74) is 1.38. The molecule has 102 valence electrons. The predicted molar refractivity (Wildman–Crippen MR) is 75.6 cm³/mol. The first-order valence-corrected chi connectivity index (χ1v) is 7.41. The van der Waals surface area contributed by atoms with E-state index in [1.807, 2.05) is 6.33 Å². The molecule has 0 bridgehead atoms. The highest BCUT2D eigenvalue weighted by atomic mass is 15.1. The summed E-state index contributed by atoms with van der Waals surface area (Å²) in [5, 5.41) is 3.72. The molecule has 1 N–H and O–H groups in total. The van der Waals surface area contributed by atoms with E-state index in [4.69, 9.17) is 0 Å². The lowest BCUT2D eigenvalue weighted by Gasteiger charge is -2.32. The summed E-state index contributed by atoms with van der Waals surface area (Å²) in [5.74, 6) is 0.656. The molecule has 3 unspecified atom stereocenters. The fourth-order valence-corrected chi connectivity index (χ4v) is 3.22. The molecular formula is C15H27N3. The van der Waals surface area contributed by atoms with Gasteiger partial charge in [0.1, 0.15) is 0 Å². The Labute approximate surface area is 111 Å². The molecule has 1 aliphatic heterocycles. The molecule has 18 heavy (non-hydrogen) atoms. The fourth-order valence-electron chi connectivity index (χ4n) is 3.22. The van der Waals surface area contributed by atoms with Crippen molar-refractivity contribution < 1.29 is 0 Å². The van der Waals surface area contributed by atoms with Crippen LogP contribution in [0.1, 0.15) is 71.2 Å². The third-order valence-electron chi connectivity index (χ3n) is 4.21. The third-order valence-corrected chi connectivity index (χ3v) is 4.21. The predicted octanol–water partition coefficient (Wildman–Crippen LogP) is 3.69. The zero-order valence-electron chi connectivity index (χ0n) is 12.2. The van der Waals surface area contributed by atoms with Gasteiger partial charge in [0, 0.05) is 24.3 Å². The van der Waals surface area contributed by atoms with E-state index < -0.39 is 0 Å². The van der Waals surface area contributed by atoms with Gasteiger partial charge in [-0.3, -0.25) is 0 Å². The lowest BCUT2D eigenvalue weighted by atomic mass is 9.96. The number of imidazole rings is 1. The Morgan fingerprint density at radius 1 is 1.44 bits per heavy atom. The van der Waals surface area contributed by atoms with E-state index in [0.717, 1.165) is 0 Å². The summed E-state index contributed by atoms with van der Waals surface area (Å²) in [6, 6.07) is 1.69. The van der Waals surface area contributed by atoms with Crippen LogP contribution in [0.5, 0.6) is 0 Å². The average Bonchev–Trinajstić information content (AvgIpc) is 2.78. The van der Waals surface area contributed by atoms with Crippen LogP contribution in [-0.4, -0.2) is 15.6 Å². The van der Waals surface area contributed by atoms with Crippen LogP contribution in [0.25, 0.3) is 0 Å². The largest absolute Gasteiger partial charge is 0.330 e. The van der Waals surface area contributed by atoms with Crippen LogP contribution in [0, 0.1) is 5.92 Å². The first kappa shape index (κ1) is 13.6. The van der Waals surface area contributed by atoms with E-state index >= 15 is 0 Å². The van der Waals surface area contributed by atoms with E-state index in [1.54, 1.807) is 0 Å². The number of hydrogen-bond donors (Lipinski definition) is 1. The van der Waals surface area contributed by atoms with Crippen molar-refractivity contribution in [2.45, 2.75) is 71.5 Å². The van der Waals surface area contributed by atoms with Crippen LogP contribution in [0.4, 0.5) is 0 Å². The van der Waals surface area contributed by atoms with Gasteiger partial charge in [0.2, 0.25) is 0 Å². The molecule has 2 heterocycles. The molecule has 0 saturated carbocycles. The molecule has 1 saturated heterocycles. The molecule has 1 aliphatic rings. The number of nitrogens with one attached hydrogen (secondary N) is 1. The quantitative estimate of drug-likeness (QED) is 0.882. The van der Waals surface area contributed by atoms with Crippen molar-refractivity contribution in [1.29, 1.82) is 0 Å². The summed E-state index contributed by atoms with van der Waals surface area (Å²) in [7, 11) is 0. The van der Waals surface area contributed by atoms with Crippen LogP contribution < -0.4 is 5.32 Å². The minimum atomic E-state index is 0.490. The summed E-state index contributed by atoms with van der Waals surface area (Å²) in [6.07, 6.45) is 9.10. The number of rotatable bonds is 4. The minimum Gasteiger partial charge on any atom is -0.330 e. The highest BCUT2D eigenvalue weighted by Crippen LogP contribution is 2.30. The molecule has 0 aromatic carbocycles. The maximum atomic E-state index is 4.40. The van der Waals surface area contributed by atoms with Gasteiger partial charge in [-0.15, -0.1) is 0 Å². The molecule has 3 nitrogen and oxygen atoms in total. The van der Waals surface area contributed by atoms with Crippen LogP contribution in [0.15, 0.2) is 12.5 Å². The van der Waals surface area contributed by atoms with E-state index in [0.29, 0.717) is 24.0 Å². The van der Waals surface area contributed by atoms with Gasteiger partial charge >= 0.3 is 0 Å². The van der Waals surface area contributed by atoms with Gasteiger partial charge < -0.3 is 9.88 Å². The molecule has 1 aromatic heterocycles. The molecular weight excluding hydrogens is 222 g/mol. The zero-order chi connectivity index (χ0) is 13.1. The Bertz CT molecular complexity index is 370. The fraction of sp³-hybridized carbons (Fsp3) is 0.800. The molecule has 2 rings (SSSR count). The first-order valence-electron chi connectivity index (χ1n) is 7.41. The Hall–Kier alpha value is -0.830. The Morgan fingerprint density at radius 3 is 2.83 bits per heavy atom. The first-order chi connectivity index (χ1) is 8.63. The van der Waals surface area contributed by atoms with E-state index in [9.17, 15) is 0 Å². The Balaban J connectivity index is 2.21. The molecule has 0 spiro atoms. The van der Waals surface area contributed by atoms with E-state index in [-0.39, 0.29) is 0 Å². The maximum Gasteiger partial charge on any atom is 0.0951 e. The number of piperidine rings is 1. The van der Waals surface area contributed by atoms with Gasteiger partial charge in [0.05, 0.1) is 12.0 Å². The average molecular weight is 249 g/mol. The molecule has 0 aliphatic carbocycles. The van der Waals surface area contributed by atoms with Gasteiger partial charge in [0.15, 0.2) is 0 Å². The molecule has 1 aromatic rings. The molecule has 1 fully saturated rings. The lowest BCUT2D eigenvalue weighted by Crippen LogP contribution is -2.36. The van der Waals surface area contributed by atoms with E-state index in [1.165, 1.54) is 31.4 Å².